The number of nitrogens with zero attached hydrogens (tertiary/aromatic N) is 4. The maximum atomic E-state index is 11.1. The van der Waals surface area contributed by atoms with Gasteiger partial charge < -0.3 is 11.5 Å². The molecule has 7 heteroatoms. The lowest BCUT2D eigenvalue weighted by Crippen LogP contribution is -2.17. The Balaban J connectivity index is 2.51. The largest absolute Gasteiger partial charge is 0.396 e. The number of aromatic nitrogens is 3. The normalized spacial score (nSPS) is 11.3. The SMILES string of the molecule is N#C/C(C(N)=O)=C(/N)c1ccnc(-c2ccncc2)n1. The van der Waals surface area contributed by atoms with Crippen molar-refractivity contribution in [1.29, 1.82) is 5.26 Å². The predicted molar refractivity (Wildman–Crippen MR) is 71.2 cm³/mol. The van der Waals surface area contributed by atoms with Crippen LogP contribution in [-0.4, -0.2) is 20.9 Å². The minimum Gasteiger partial charge on any atom is -0.396 e. The van der Waals surface area contributed by atoms with E-state index in [4.69, 9.17) is 16.7 Å². The average molecular weight is 266 g/mol. The van der Waals surface area contributed by atoms with Crippen molar-refractivity contribution < 1.29 is 4.79 Å². The first-order chi connectivity index (χ1) is 9.63. The number of pyridine rings is 1. The van der Waals surface area contributed by atoms with Gasteiger partial charge in [0, 0.05) is 24.2 Å². The van der Waals surface area contributed by atoms with E-state index in [1.165, 1.54) is 12.3 Å². The third-order valence-electron chi connectivity index (χ3n) is 2.50. The van der Waals surface area contributed by atoms with E-state index >= 15 is 0 Å². The highest BCUT2D eigenvalue weighted by Gasteiger charge is 2.13. The molecule has 7 nitrogen and oxygen atoms in total. The molecule has 0 saturated heterocycles. The molecule has 0 spiro atoms. The average Bonchev–Trinajstić information content (AvgIpc) is 2.48. The maximum Gasteiger partial charge on any atom is 0.261 e. The van der Waals surface area contributed by atoms with Gasteiger partial charge in [-0.1, -0.05) is 0 Å². The number of nitrogens with two attached hydrogens (primary N) is 2. The molecule has 0 aliphatic rings. The van der Waals surface area contributed by atoms with Crippen LogP contribution in [0, 0.1) is 11.3 Å². The molecule has 2 heterocycles. The Bertz CT molecular complexity index is 717. The van der Waals surface area contributed by atoms with E-state index in [1.54, 1.807) is 30.6 Å². The van der Waals surface area contributed by atoms with Gasteiger partial charge in [-0.15, -0.1) is 0 Å². The standard InChI is InChI=1S/C13H10N6O/c14-7-9(12(16)20)11(15)10-3-6-18-13(19-10)8-1-4-17-5-2-8/h1-6H,15H2,(H2,16,20)/b11-9-. The number of nitriles is 1. The van der Waals surface area contributed by atoms with Crippen molar-refractivity contribution in [1.82, 2.24) is 15.0 Å². The molecule has 0 radical (unpaired) electrons. The second-order valence-electron chi connectivity index (χ2n) is 3.77. The zero-order chi connectivity index (χ0) is 14.5. The number of hydrogen-bond acceptors (Lipinski definition) is 6. The van der Waals surface area contributed by atoms with Gasteiger partial charge in [-0.05, 0) is 18.2 Å². The summed E-state index contributed by atoms with van der Waals surface area (Å²) in [6, 6.07) is 6.64. The number of carbonyl (C=O) groups is 1. The molecule has 20 heavy (non-hydrogen) atoms. The van der Waals surface area contributed by atoms with Crippen LogP contribution >= 0.6 is 0 Å². The Hall–Kier alpha value is -3.27. The molecule has 2 aromatic rings. The summed E-state index contributed by atoms with van der Waals surface area (Å²) < 4.78 is 0. The maximum absolute atomic E-state index is 11.1. The first-order valence-corrected chi connectivity index (χ1v) is 5.57. The highest BCUT2D eigenvalue weighted by atomic mass is 16.1. The van der Waals surface area contributed by atoms with Crippen LogP contribution in [0.1, 0.15) is 5.69 Å². The van der Waals surface area contributed by atoms with Crippen LogP contribution < -0.4 is 11.5 Å². The van der Waals surface area contributed by atoms with Gasteiger partial charge in [-0.3, -0.25) is 9.78 Å². The topological polar surface area (TPSA) is 132 Å². The fraction of sp³-hybridized carbons (Fsp3) is 0. The lowest BCUT2D eigenvalue weighted by atomic mass is 10.1. The summed E-state index contributed by atoms with van der Waals surface area (Å²) >= 11 is 0. The smallest absolute Gasteiger partial charge is 0.261 e. The van der Waals surface area contributed by atoms with E-state index in [9.17, 15) is 4.79 Å². The van der Waals surface area contributed by atoms with Gasteiger partial charge in [0.05, 0.1) is 11.4 Å². The molecular formula is C13H10N6O. The summed E-state index contributed by atoms with van der Waals surface area (Å²) in [5, 5.41) is 8.87. The Morgan fingerprint density at radius 2 is 1.85 bits per heavy atom. The Kier molecular flexibility index (Phi) is 3.67. The van der Waals surface area contributed by atoms with Crippen LogP contribution in [0.2, 0.25) is 0 Å². The van der Waals surface area contributed by atoms with Gasteiger partial charge in [0.2, 0.25) is 0 Å². The van der Waals surface area contributed by atoms with Gasteiger partial charge in [0.15, 0.2) is 5.82 Å². The molecule has 0 bridgehead atoms. The lowest BCUT2D eigenvalue weighted by Gasteiger charge is -2.05. The Morgan fingerprint density at radius 1 is 1.15 bits per heavy atom. The molecule has 0 aliphatic carbocycles. The molecule has 98 valence electrons. The molecular weight excluding hydrogens is 256 g/mol. The van der Waals surface area contributed by atoms with Gasteiger partial charge in [-0.25, -0.2) is 9.97 Å². The molecule has 0 saturated carbocycles. The van der Waals surface area contributed by atoms with Crippen molar-refractivity contribution in [3.63, 3.8) is 0 Å². The molecule has 4 N–H and O–H groups in total. The van der Waals surface area contributed by atoms with E-state index in [-0.39, 0.29) is 17.0 Å². The summed E-state index contributed by atoms with van der Waals surface area (Å²) in [4.78, 5) is 23.3. The summed E-state index contributed by atoms with van der Waals surface area (Å²) in [6.45, 7) is 0. The summed E-state index contributed by atoms with van der Waals surface area (Å²) in [6.07, 6.45) is 4.70. The first-order valence-electron chi connectivity index (χ1n) is 5.57. The number of hydrogen-bond donors (Lipinski definition) is 2. The van der Waals surface area contributed by atoms with Crippen LogP contribution in [0.5, 0.6) is 0 Å². The molecule has 0 fully saturated rings. The number of primary amides is 1. The fourth-order valence-corrected chi connectivity index (χ4v) is 1.52. The minimum atomic E-state index is -0.894. The van der Waals surface area contributed by atoms with Crippen LogP contribution in [0.15, 0.2) is 42.4 Å². The van der Waals surface area contributed by atoms with Crippen molar-refractivity contribution >= 4 is 11.6 Å². The third-order valence-corrected chi connectivity index (χ3v) is 2.50. The van der Waals surface area contributed by atoms with E-state index < -0.39 is 5.91 Å². The van der Waals surface area contributed by atoms with Crippen molar-refractivity contribution in [2.75, 3.05) is 0 Å². The molecule has 0 atom stereocenters. The molecule has 0 unspecified atom stereocenters. The van der Waals surface area contributed by atoms with Gasteiger partial charge in [-0.2, -0.15) is 5.26 Å². The highest BCUT2D eigenvalue weighted by molar-refractivity contribution is 6.03. The fourth-order valence-electron chi connectivity index (χ4n) is 1.52. The molecule has 2 rings (SSSR count). The summed E-state index contributed by atoms with van der Waals surface area (Å²) in [5.74, 6) is -0.483. The van der Waals surface area contributed by atoms with Crippen molar-refractivity contribution in [3.05, 3.63) is 48.1 Å². The van der Waals surface area contributed by atoms with Crippen molar-refractivity contribution in [3.8, 4) is 17.5 Å². The van der Waals surface area contributed by atoms with E-state index in [1.807, 2.05) is 0 Å². The van der Waals surface area contributed by atoms with Crippen LogP contribution in [0.4, 0.5) is 0 Å². The predicted octanol–water partition coefficient (Wildman–Crippen LogP) is 0.217. The zero-order valence-corrected chi connectivity index (χ0v) is 10.3. The van der Waals surface area contributed by atoms with Crippen LogP contribution in [-0.2, 0) is 4.79 Å². The first kappa shape index (κ1) is 13.2. The Morgan fingerprint density at radius 3 is 2.45 bits per heavy atom. The minimum absolute atomic E-state index is 0.0716. The molecule has 0 aliphatic heterocycles. The Labute approximate surface area is 114 Å². The summed E-state index contributed by atoms with van der Waals surface area (Å²) in [7, 11) is 0. The zero-order valence-electron chi connectivity index (χ0n) is 10.3. The monoisotopic (exact) mass is 266 g/mol. The third kappa shape index (κ3) is 2.59. The van der Waals surface area contributed by atoms with E-state index in [0.717, 1.165) is 5.56 Å². The number of rotatable bonds is 3. The van der Waals surface area contributed by atoms with Crippen LogP contribution in [0.3, 0.4) is 0 Å². The van der Waals surface area contributed by atoms with Gasteiger partial charge in [0.25, 0.3) is 5.91 Å². The van der Waals surface area contributed by atoms with Crippen LogP contribution in [0.25, 0.3) is 17.1 Å². The molecule has 0 aromatic carbocycles. The second-order valence-corrected chi connectivity index (χ2v) is 3.77. The molecule has 2 aromatic heterocycles. The van der Waals surface area contributed by atoms with Gasteiger partial charge >= 0.3 is 0 Å². The second kappa shape index (κ2) is 5.58. The van der Waals surface area contributed by atoms with E-state index in [2.05, 4.69) is 15.0 Å². The quantitative estimate of drug-likeness (QED) is 0.603. The van der Waals surface area contributed by atoms with E-state index in [0.29, 0.717) is 5.82 Å². The lowest BCUT2D eigenvalue weighted by molar-refractivity contribution is -0.114. The number of carbonyl (C=O) groups excluding carboxylic acids is 1. The molecule has 1 amide bonds. The highest BCUT2D eigenvalue weighted by Crippen LogP contribution is 2.16. The van der Waals surface area contributed by atoms with Crippen molar-refractivity contribution in [2.24, 2.45) is 11.5 Å². The summed E-state index contributed by atoms with van der Waals surface area (Å²) in [5.41, 5.74) is 11.4. The number of amides is 1. The van der Waals surface area contributed by atoms with Gasteiger partial charge in [0.1, 0.15) is 11.6 Å². The van der Waals surface area contributed by atoms with Crippen molar-refractivity contribution in [2.45, 2.75) is 0 Å².